The molecule has 4 aromatic rings. The van der Waals surface area contributed by atoms with Crippen molar-refractivity contribution in [3.8, 4) is 11.4 Å². The number of carbonyl (C=O) groups is 1. The number of carbonyl (C=O) groups excluding carboxylic acids is 1. The molecule has 1 saturated carbocycles. The third kappa shape index (κ3) is 5.06. The van der Waals surface area contributed by atoms with Gasteiger partial charge in [0.2, 0.25) is 0 Å². The quantitative estimate of drug-likeness (QED) is 0.158. The number of imidazole rings is 1. The van der Waals surface area contributed by atoms with Gasteiger partial charge in [-0.1, -0.05) is 0 Å². The number of nitrogens with two attached hydrogens (primary N) is 2. The number of nitrogens with one attached hydrogen (secondary N) is 1. The second-order valence-corrected chi connectivity index (χ2v) is 8.74. The zero-order chi connectivity index (χ0) is 26.6. The minimum absolute atomic E-state index is 0.00912. The van der Waals surface area contributed by atoms with Gasteiger partial charge < -0.3 is 26.0 Å². The summed E-state index contributed by atoms with van der Waals surface area (Å²) in [5, 5.41) is 17.1. The number of rotatable bonds is 10. The molecule has 3 heterocycles. The number of methoxy groups -OCH3 is 1. The smallest absolute Gasteiger partial charge is 0.273 e. The molecule has 0 spiro atoms. The molecule has 196 valence electrons. The molecule has 0 bridgehead atoms. The van der Waals surface area contributed by atoms with Gasteiger partial charge in [0.05, 0.1) is 31.3 Å². The topological polar surface area (TPSA) is 176 Å². The Morgan fingerprint density at radius 2 is 2.18 bits per heavy atom. The second-order valence-electron chi connectivity index (χ2n) is 8.74. The Balaban J connectivity index is 1.28. The maximum absolute atomic E-state index is 15.0. The van der Waals surface area contributed by atoms with E-state index < -0.39 is 11.7 Å². The molecular formula is C24H26FN11O2. The summed E-state index contributed by atoms with van der Waals surface area (Å²) in [6.07, 6.45) is 8.91. The third-order valence-electron chi connectivity index (χ3n) is 6.23. The Hall–Kier alpha value is -4.72. The van der Waals surface area contributed by atoms with Crippen molar-refractivity contribution in [3.63, 3.8) is 0 Å². The lowest BCUT2D eigenvalue weighted by Crippen LogP contribution is -2.33. The highest BCUT2D eigenvalue weighted by Gasteiger charge is 2.25. The van der Waals surface area contributed by atoms with Crippen LogP contribution in [0.2, 0.25) is 0 Å². The molecule has 0 aliphatic heterocycles. The Morgan fingerprint density at radius 3 is 2.87 bits per heavy atom. The lowest BCUT2D eigenvalue weighted by atomic mass is 10.1. The van der Waals surface area contributed by atoms with Gasteiger partial charge in [0, 0.05) is 36.6 Å². The number of hydrogen-bond acceptors (Lipinski definition) is 10. The normalized spacial score (nSPS) is 13.9. The van der Waals surface area contributed by atoms with Gasteiger partial charge in [0.25, 0.3) is 5.91 Å². The molecule has 1 fully saturated rings. The van der Waals surface area contributed by atoms with E-state index in [4.69, 9.17) is 16.3 Å². The molecule has 0 atom stereocenters. The fraction of sp³-hybridized carbons (Fsp3) is 0.292. The van der Waals surface area contributed by atoms with Crippen molar-refractivity contribution in [1.29, 1.82) is 0 Å². The van der Waals surface area contributed by atoms with Crippen molar-refractivity contribution in [2.75, 3.05) is 7.11 Å². The number of tetrazole rings is 1. The lowest BCUT2D eigenvalue weighted by Gasteiger charge is -2.13. The van der Waals surface area contributed by atoms with E-state index in [0.29, 0.717) is 23.8 Å². The highest BCUT2D eigenvalue weighted by atomic mass is 19.1. The number of fused-ring (bicyclic) bond motifs is 1. The van der Waals surface area contributed by atoms with Crippen LogP contribution in [0.15, 0.2) is 47.0 Å². The van der Waals surface area contributed by atoms with Crippen LogP contribution in [0.1, 0.15) is 41.1 Å². The Morgan fingerprint density at radius 1 is 1.34 bits per heavy atom. The zero-order valence-electron chi connectivity index (χ0n) is 20.6. The summed E-state index contributed by atoms with van der Waals surface area (Å²) in [6.45, 7) is 0.378. The van der Waals surface area contributed by atoms with Gasteiger partial charge in [-0.15, -0.1) is 5.10 Å². The van der Waals surface area contributed by atoms with Crippen LogP contribution in [0.25, 0.3) is 11.3 Å². The summed E-state index contributed by atoms with van der Waals surface area (Å²) >= 11 is 0. The van der Waals surface area contributed by atoms with Crippen molar-refractivity contribution in [3.05, 3.63) is 65.1 Å². The van der Waals surface area contributed by atoms with E-state index in [2.05, 4.69) is 48.2 Å². The number of aromatic nitrogens is 6. The molecule has 14 heteroatoms. The number of nitrogens with zero attached hydrogens (tertiary/aromatic N) is 8. The van der Waals surface area contributed by atoms with Crippen molar-refractivity contribution < 1.29 is 13.9 Å². The molecule has 3 aromatic heterocycles. The van der Waals surface area contributed by atoms with E-state index in [1.54, 1.807) is 6.07 Å². The van der Waals surface area contributed by atoms with Gasteiger partial charge in [0.1, 0.15) is 12.0 Å². The van der Waals surface area contributed by atoms with Gasteiger partial charge in [-0.2, -0.15) is 5.10 Å². The zero-order valence-corrected chi connectivity index (χ0v) is 20.6. The molecule has 1 aromatic carbocycles. The van der Waals surface area contributed by atoms with E-state index in [1.165, 1.54) is 48.8 Å². The average Bonchev–Trinajstić information content (AvgIpc) is 3.47. The molecule has 13 nitrogen and oxygen atoms in total. The van der Waals surface area contributed by atoms with Gasteiger partial charge in [0.15, 0.2) is 17.3 Å². The molecule has 0 saturated heterocycles. The molecule has 1 aliphatic rings. The minimum atomic E-state index is -0.658. The first-order chi connectivity index (χ1) is 18.5. The summed E-state index contributed by atoms with van der Waals surface area (Å²) in [5.41, 5.74) is 9.97. The monoisotopic (exact) mass is 519 g/mol. The van der Waals surface area contributed by atoms with E-state index in [9.17, 15) is 4.79 Å². The number of hydrogen-bond donors (Lipinski definition) is 3. The molecule has 1 aliphatic carbocycles. The molecule has 1 amide bonds. The lowest BCUT2D eigenvalue weighted by molar-refractivity contribution is -0.114. The molecule has 38 heavy (non-hydrogen) atoms. The number of halogens is 1. The first-order valence-corrected chi connectivity index (χ1v) is 11.9. The summed E-state index contributed by atoms with van der Waals surface area (Å²) in [4.78, 5) is 21.7. The number of hydrazone groups is 1. The fourth-order valence-electron chi connectivity index (χ4n) is 4.15. The van der Waals surface area contributed by atoms with Gasteiger partial charge in [-0.25, -0.2) is 14.1 Å². The largest absolute Gasteiger partial charge is 0.494 e. The molecule has 5 rings (SSSR count). The number of ether oxygens (including phenoxy) is 1. The minimum Gasteiger partial charge on any atom is -0.494 e. The highest BCUT2D eigenvalue weighted by Crippen LogP contribution is 2.40. The van der Waals surface area contributed by atoms with Crippen LogP contribution in [-0.2, 0) is 24.4 Å². The fourth-order valence-corrected chi connectivity index (χ4v) is 4.15. The summed E-state index contributed by atoms with van der Waals surface area (Å²) in [5.74, 6) is 4.73. The number of amides is 1. The highest BCUT2D eigenvalue weighted by molar-refractivity contribution is 6.60. The van der Waals surface area contributed by atoms with E-state index in [-0.39, 0.29) is 30.1 Å². The number of aliphatic imine (C=N–C) groups is 1. The van der Waals surface area contributed by atoms with Crippen LogP contribution in [0.4, 0.5) is 4.39 Å². The predicted octanol–water partition coefficient (Wildman–Crippen LogP) is 0.996. The third-order valence-corrected chi connectivity index (χ3v) is 6.23. The van der Waals surface area contributed by atoms with Crippen molar-refractivity contribution >= 4 is 23.5 Å². The van der Waals surface area contributed by atoms with E-state index >= 15 is 4.39 Å². The Labute approximate surface area is 216 Å². The number of benzene rings is 1. The molecule has 5 N–H and O–H groups in total. The first-order valence-electron chi connectivity index (χ1n) is 11.9. The molecule has 0 unspecified atom stereocenters. The van der Waals surface area contributed by atoms with Crippen LogP contribution < -0.4 is 21.6 Å². The number of pyridine rings is 1. The van der Waals surface area contributed by atoms with Crippen LogP contribution in [-0.4, -0.2) is 54.5 Å². The second kappa shape index (κ2) is 10.7. The Bertz CT molecular complexity index is 1520. The standard InChI is InChI=1S/C24H26FN11O2/c1-38-21-5-4-20(36-13-30-33-34-36)18(22(21)25)9-29-24(37)19(32-27)10-28-8-17-12-35-11-16(14-2-3-14)6-15(7-26)23(35)31-17/h4-6,10-14H,2-3,7-9,26-27H2,1H3,(H,29,37). The average molecular weight is 520 g/mol. The Kier molecular flexibility index (Phi) is 7.04. The summed E-state index contributed by atoms with van der Waals surface area (Å²) in [7, 11) is 1.35. The van der Waals surface area contributed by atoms with Crippen LogP contribution in [0.3, 0.4) is 0 Å². The van der Waals surface area contributed by atoms with Crippen LogP contribution in [0.5, 0.6) is 5.75 Å². The van der Waals surface area contributed by atoms with E-state index in [0.717, 1.165) is 11.2 Å². The van der Waals surface area contributed by atoms with Gasteiger partial charge >= 0.3 is 0 Å². The van der Waals surface area contributed by atoms with E-state index in [1.807, 2.05) is 10.6 Å². The summed E-state index contributed by atoms with van der Waals surface area (Å²) in [6, 6.07) is 5.14. The molecule has 0 radical (unpaired) electrons. The SMILES string of the molecule is COc1ccc(-n2cnnn2)c(CNC(=O)C(C=NCc2cn3cc(C4CC4)cc(CN)c3n2)=NN)c1F. The van der Waals surface area contributed by atoms with Crippen LogP contribution >= 0.6 is 0 Å². The van der Waals surface area contributed by atoms with Crippen LogP contribution in [0, 0.1) is 5.82 Å². The van der Waals surface area contributed by atoms with Gasteiger partial charge in [-0.3, -0.25) is 9.79 Å². The predicted molar refractivity (Wildman–Crippen MR) is 136 cm³/mol. The first kappa shape index (κ1) is 25.0. The maximum Gasteiger partial charge on any atom is 0.273 e. The van der Waals surface area contributed by atoms with Crippen molar-refractivity contribution in [2.24, 2.45) is 21.7 Å². The molecular weight excluding hydrogens is 493 g/mol. The van der Waals surface area contributed by atoms with Crippen molar-refractivity contribution in [1.82, 2.24) is 34.9 Å². The van der Waals surface area contributed by atoms with Gasteiger partial charge in [-0.05, 0) is 52.9 Å². The maximum atomic E-state index is 15.0. The summed E-state index contributed by atoms with van der Waals surface area (Å²) < 4.78 is 23.3. The van der Waals surface area contributed by atoms with Crippen molar-refractivity contribution in [2.45, 2.75) is 38.4 Å².